The Kier molecular flexibility index (Phi) is 3.32. The van der Waals surface area contributed by atoms with Crippen molar-refractivity contribution < 1.29 is 14.6 Å². The lowest BCUT2D eigenvalue weighted by atomic mass is 9.46. The normalized spacial score (nSPS) is 45.8. The van der Waals surface area contributed by atoms with Gasteiger partial charge in [-0.15, -0.1) is 0 Å². The molecule has 3 nitrogen and oxygen atoms in total. The lowest BCUT2D eigenvalue weighted by Crippen LogP contribution is -2.53. The molecule has 0 saturated heterocycles. The van der Waals surface area contributed by atoms with E-state index in [1.807, 2.05) is 6.92 Å². The average Bonchev–Trinajstić information content (AvgIpc) is 2.80. The molecule has 0 bridgehead atoms. The standard InChI is InChI=1S/C20H28O3/c1-12-14-9-13-5-6-17-19(2,11-21)7-4-8-20(17,3)15(13)10-16(14)23-18(12)22/h9,15-17,21H,4-8,10-11H2,1-3H3/t15-,16?,17-,19+,20+/m1/s1. The van der Waals surface area contributed by atoms with Crippen molar-refractivity contribution >= 4 is 5.97 Å². The quantitative estimate of drug-likeness (QED) is 0.749. The molecule has 3 heteroatoms. The molecule has 1 unspecified atom stereocenters. The van der Waals surface area contributed by atoms with Crippen molar-refractivity contribution in [1.29, 1.82) is 0 Å². The van der Waals surface area contributed by atoms with Crippen molar-refractivity contribution in [3.63, 3.8) is 0 Å². The van der Waals surface area contributed by atoms with Gasteiger partial charge in [0.2, 0.25) is 0 Å². The van der Waals surface area contributed by atoms with Crippen molar-refractivity contribution in [1.82, 2.24) is 0 Å². The molecule has 0 aromatic rings. The third-order valence-electron chi connectivity index (χ3n) is 7.55. The first-order valence-electron chi connectivity index (χ1n) is 9.12. The monoisotopic (exact) mass is 316 g/mol. The Labute approximate surface area is 138 Å². The predicted molar refractivity (Wildman–Crippen MR) is 88.6 cm³/mol. The van der Waals surface area contributed by atoms with Crippen LogP contribution in [0.3, 0.4) is 0 Å². The summed E-state index contributed by atoms with van der Waals surface area (Å²) in [5, 5.41) is 10.0. The zero-order valence-corrected chi connectivity index (χ0v) is 14.5. The minimum absolute atomic E-state index is 0.0332. The van der Waals surface area contributed by atoms with Crippen LogP contribution in [-0.2, 0) is 9.53 Å². The van der Waals surface area contributed by atoms with Gasteiger partial charge in [-0.25, -0.2) is 4.79 Å². The number of hydrogen-bond acceptors (Lipinski definition) is 3. The molecule has 23 heavy (non-hydrogen) atoms. The number of ether oxygens (including phenoxy) is 1. The van der Waals surface area contributed by atoms with Gasteiger partial charge in [0, 0.05) is 17.8 Å². The summed E-state index contributed by atoms with van der Waals surface area (Å²) in [5.74, 6) is 0.936. The number of allylic oxidation sites excluding steroid dienone is 1. The highest BCUT2D eigenvalue weighted by atomic mass is 16.5. The molecule has 5 atom stereocenters. The Hall–Kier alpha value is -1.09. The van der Waals surface area contributed by atoms with Crippen LogP contribution in [0, 0.1) is 22.7 Å². The van der Waals surface area contributed by atoms with E-state index in [1.165, 1.54) is 24.8 Å². The molecule has 1 aliphatic heterocycles. The molecule has 126 valence electrons. The summed E-state index contributed by atoms with van der Waals surface area (Å²) in [6.45, 7) is 6.89. The molecule has 4 rings (SSSR count). The van der Waals surface area contributed by atoms with Gasteiger partial charge in [0.15, 0.2) is 0 Å². The van der Waals surface area contributed by atoms with Gasteiger partial charge in [-0.2, -0.15) is 0 Å². The summed E-state index contributed by atoms with van der Waals surface area (Å²) >= 11 is 0. The summed E-state index contributed by atoms with van der Waals surface area (Å²) in [6.07, 6.45) is 9.03. The Balaban J connectivity index is 1.73. The zero-order chi connectivity index (χ0) is 16.4. The summed E-state index contributed by atoms with van der Waals surface area (Å²) in [7, 11) is 0. The molecule has 2 fully saturated rings. The number of rotatable bonds is 1. The average molecular weight is 316 g/mol. The SMILES string of the molecule is CC1=C2C=C3CC[C@@H]4[C@](C)(CO)CCC[C@@]4(C)[C@@H]3CC2OC1=O. The van der Waals surface area contributed by atoms with Gasteiger partial charge in [0.05, 0.1) is 0 Å². The zero-order valence-electron chi connectivity index (χ0n) is 14.5. The number of esters is 1. The summed E-state index contributed by atoms with van der Waals surface area (Å²) < 4.78 is 5.62. The summed E-state index contributed by atoms with van der Waals surface area (Å²) in [5.41, 5.74) is 3.74. The van der Waals surface area contributed by atoms with E-state index in [9.17, 15) is 9.90 Å². The van der Waals surface area contributed by atoms with Crippen LogP contribution in [0.2, 0.25) is 0 Å². The van der Waals surface area contributed by atoms with Gasteiger partial charge in [-0.1, -0.05) is 31.9 Å². The van der Waals surface area contributed by atoms with Gasteiger partial charge >= 0.3 is 5.97 Å². The molecule has 3 aliphatic carbocycles. The van der Waals surface area contributed by atoms with Crippen molar-refractivity contribution in [2.75, 3.05) is 6.61 Å². The minimum Gasteiger partial charge on any atom is -0.454 e. The maximum Gasteiger partial charge on any atom is 0.334 e. The maximum absolute atomic E-state index is 11.9. The van der Waals surface area contributed by atoms with Crippen LogP contribution >= 0.6 is 0 Å². The second-order valence-corrected chi connectivity index (χ2v) is 8.74. The highest BCUT2D eigenvalue weighted by Gasteiger charge is 2.56. The van der Waals surface area contributed by atoms with Crippen LogP contribution in [0.1, 0.15) is 59.3 Å². The number of hydrogen-bond donors (Lipinski definition) is 1. The second kappa shape index (κ2) is 4.95. The molecule has 1 N–H and O–H groups in total. The van der Waals surface area contributed by atoms with E-state index < -0.39 is 0 Å². The third-order valence-corrected chi connectivity index (χ3v) is 7.55. The number of fused-ring (bicyclic) bond motifs is 4. The molecule has 1 heterocycles. The first kappa shape index (κ1) is 15.4. The molecular weight excluding hydrogens is 288 g/mol. The van der Waals surface area contributed by atoms with Gasteiger partial charge in [0.1, 0.15) is 6.10 Å². The summed E-state index contributed by atoms with van der Waals surface area (Å²) in [4.78, 5) is 11.9. The second-order valence-electron chi connectivity index (χ2n) is 8.74. The van der Waals surface area contributed by atoms with E-state index in [-0.39, 0.29) is 22.9 Å². The van der Waals surface area contributed by atoms with Crippen LogP contribution in [0.25, 0.3) is 0 Å². The van der Waals surface area contributed by atoms with E-state index in [0.29, 0.717) is 18.4 Å². The lowest BCUT2D eigenvalue weighted by molar-refractivity contribution is -0.142. The predicted octanol–water partition coefficient (Wildman–Crippen LogP) is 3.77. The van der Waals surface area contributed by atoms with Gasteiger partial charge in [-0.3, -0.25) is 0 Å². The van der Waals surface area contributed by atoms with E-state index >= 15 is 0 Å². The summed E-state index contributed by atoms with van der Waals surface area (Å²) in [6, 6.07) is 0. The van der Waals surface area contributed by atoms with E-state index in [2.05, 4.69) is 19.9 Å². The molecular formula is C20H28O3. The largest absolute Gasteiger partial charge is 0.454 e. The van der Waals surface area contributed by atoms with Gasteiger partial charge in [0.25, 0.3) is 0 Å². The Morgan fingerprint density at radius 3 is 2.87 bits per heavy atom. The smallest absolute Gasteiger partial charge is 0.334 e. The Morgan fingerprint density at radius 1 is 1.35 bits per heavy atom. The van der Waals surface area contributed by atoms with E-state index in [1.54, 1.807) is 0 Å². The van der Waals surface area contributed by atoms with Gasteiger partial charge < -0.3 is 9.84 Å². The number of carbonyl (C=O) groups is 1. The number of aliphatic hydroxyl groups is 1. The Bertz CT molecular complexity index is 616. The molecule has 2 saturated carbocycles. The highest BCUT2D eigenvalue weighted by Crippen LogP contribution is 2.63. The Morgan fingerprint density at radius 2 is 2.13 bits per heavy atom. The van der Waals surface area contributed by atoms with Crippen molar-refractivity contribution in [2.24, 2.45) is 22.7 Å². The van der Waals surface area contributed by atoms with Crippen molar-refractivity contribution in [3.05, 3.63) is 22.8 Å². The van der Waals surface area contributed by atoms with Gasteiger partial charge in [-0.05, 0) is 61.7 Å². The fourth-order valence-electron chi connectivity index (χ4n) is 6.23. The van der Waals surface area contributed by atoms with Crippen LogP contribution < -0.4 is 0 Å². The fourth-order valence-corrected chi connectivity index (χ4v) is 6.23. The minimum atomic E-state index is -0.133. The fraction of sp³-hybridized carbons (Fsp3) is 0.750. The van der Waals surface area contributed by atoms with Crippen LogP contribution in [-0.4, -0.2) is 23.8 Å². The number of aliphatic hydroxyl groups excluding tert-OH is 1. The molecule has 0 radical (unpaired) electrons. The molecule has 0 aromatic heterocycles. The molecule has 0 aromatic carbocycles. The van der Waals surface area contributed by atoms with E-state index in [0.717, 1.165) is 30.4 Å². The molecule has 0 amide bonds. The molecule has 0 spiro atoms. The maximum atomic E-state index is 11.9. The lowest BCUT2D eigenvalue weighted by Gasteiger charge is -2.59. The number of carbonyl (C=O) groups excluding carboxylic acids is 1. The van der Waals surface area contributed by atoms with Crippen molar-refractivity contribution in [3.8, 4) is 0 Å². The van der Waals surface area contributed by atoms with Crippen LogP contribution in [0.4, 0.5) is 0 Å². The molecule has 4 aliphatic rings. The highest BCUT2D eigenvalue weighted by molar-refractivity contribution is 5.92. The first-order valence-corrected chi connectivity index (χ1v) is 9.12. The third kappa shape index (κ3) is 2.02. The topological polar surface area (TPSA) is 46.5 Å². The van der Waals surface area contributed by atoms with Crippen LogP contribution in [0.5, 0.6) is 0 Å². The van der Waals surface area contributed by atoms with E-state index in [4.69, 9.17) is 4.74 Å². The van der Waals surface area contributed by atoms with Crippen LogP contribution in [0.15, 0.2) is 22.8 Å². The first-order chi connectivity index (χ1) is 10.9. The van der Waals surface area contributed by atoms with Crippen molar-refractivity contribution in [2.45, 2.75) is 65.4 Å².